The zero-order valence-electron chi connectivity index (χ0n) is 52.5. The van der Waals surface area contributed by atoms with Gasteiger partial charge in [-0.25, -0.2) is 0 Å². The van der Waals surface area contributed by atoms with Gasteiger partial charge in [0.1, 0.15) is 13.2 Å². The molecule has 6 heteroatoms. The molecule has 1 atom stereocenters. The Morgan fingerprint density at radius 2 is 0.481 bits per heavy atom. The summed E-state index contributed by atoms with van der Waals surface area (Å²) in [5, 5.41) is 0. The second kappa shape index (κ2) is 67.8. The Labute approximate surface area is 499 Å². The molecule has 0 aromatic heterocycles. The Kier molecular flexibility index (Phi) is 63.9. The van der Waals surface area contributed by atoms with Crippen molar-refractivity contribution in [2.24, 2.45) is 0 Å². The van der Waals surface area contributed by atoms with Crippen LogP contribution in [0.15, 0.2) is 146 Å². The summed E-state index contributed by atoms with van der Waals surface area (Å²) in [7, 11) is 0. The summed E-state index contributed by atoms with van der Waals surface area (Å²) in [5.74, 6) is -0.931. The van der Waals surface area contributed by atoms with Gasteiger partial charge in [-0.2, -0.15) is 0 Å². The highest BCUT2D eigenvalue weighted by atomic mass is 16.6. The molecule has 0 saturated heterocycles. The maximum atomic E-state index is 12.9. The molecular formula is C75H122O6. The van der Waals surface area contributed by atoms with Gasteiger partial charge in [0.05, 0.1) is 0 Å². The maximum Gasteiger partial charge on any atom is 0.306 e. The van der Waals surface area contributed by atoms with Gasteiger partial charge in [0, 0.05) is 19.3 Å². The Hall–Kier alpha value is -4.71. The molecule has 0 rings (SSSR count). The Bertz CT molecular complexity index is 1760. The molecule has 458 valence electrons. The van der Waals surface area contributed by atoms with Crippen molar-refractivity contribution in [1.82, 2.24) is 0 Å². The van der Waals surface area contributed by atoms with Gasteiger partial charge < -0.3 is 14.2 Å². The lowest BCUT2D eigenvalue weighted by atomic mass is 10.0. The fraction of sp³-hybridized carbons (Fsp3) is 0.640. The van der Waals surface area contributed by atoms with Crippen LogP contribution in [0.4, 0.5) is 0 Å². The molecule has 1 unspecified atom stereocenters. The minimum atomic E-state index is -0.798. The van der Waals surface area contributed by atoms with Crippen molar-refractivity contribution in [3.8, 4) is 0 Å². The summed E-state index contributed by atoms with van der Waals surface area (Å²) < 4.78 is 16.9. The zero-order valence-corrected chi connectivity index (χ0v) is 52.5. The van der Waals surface area contributed by atoms with Crippen molar-refractivity contribution < 1.29 is 28.6 Å². The van der Waals surface area contributed by atoms with Gasteiger partial charge in [-0.1, -0.05) is 295 Å². The summed E-state index contributed by atoms with van der Waals surface area (Å²) in [4.78, 5) is 38.3. The Balaban J connectivity index is 4.28. The number of esters is 3. The number of rotatable bonds is 59. The average Bonchev–Trinajstić information content (AvgIpc) is 3.46. The van der Waals surface area contributed by atoms with Crippen molar-refractivity contribution in [3.63, 3.8) is 0 Å². The monoisotopic (exact) mass is 1120 g/mol. The lowest BCUT2D eigenvalue weighted by molar-refractivity contribution is -0.167. The first kappa shape index (κ1) is 76.3. The van der Waals surface area contributed by atoms with E-state index in [0.717, 1.165) is 148 Å². The third-order valence-electron chi connectivity index (χ3n) is 13.8. The molecule has 81 heavy (non-hydrogen) atoms. The van der Waals surface area contributed by atoms with Gasteiger partial charge in [0.15, 0.2) is 6.10 Å². The first-order valence-electron chi connectivity index (χ1n) is 33.3. The van der Waals surface area contributed by atoms with E-state index in [2.05, 4.69) is 167 Å². The van der Waals surface area contributed by atoms with Crippen molar-refractivity contribution in [1.29, 1.82) is 0 Å². The van der Waals surface area contributed by atoms with Crippen LogP contribution in [0.5, 0.6) is 0 Å². The minimum Gasteiger partial charge on any atom is -0.462 e. The molecular weight excluding hydrogens is 997 g/mol. The summed E-state index contributed by atoms with van der Waals surface area (Å²) in [6.07, 6.45) is 97.2. The third-order valence-corrected chi connectivity index (χ3v) is 13.8. The molecule has 0 aliphatic rings. The second-order valence-electron chi connectivity index (χ2n) is 21.6. The smallest absolute Gasteiger partial charge is 0.306 e. The van der Waals surface area contributed by atoms with E-state index in [-0.39, 0.29) is 31.1 Å². The summed E-state index contributed by atoms with van der Waals surface area (Å²) in [6, 6.07) is 0. The molecule has 0 aromatic rings. The van der Waals surface area contributed by atoms with E-state index < -0.39 is 6.10 Å². The van der Waals surface area contributed by atoms with Crippen LogP contribution >= 0.6 is 0 Å². The highest BCUT2D eigenvalue weighted by Crippen LogP contribution is 2.16. The molecule has 0 amide bonds. The SMILES string of the molecule is CC/C=C\C/C=C\C/C=C\C/C=C\C/C=C\C/C=C\C/C=C\C/C=C\C/C=C\CCCCCCCCCC(=O)OCC(COC(=O)CCCCC/C=C\C/C=C\C/C=C\CC)OC(=O)CCCCCCCCCCCCCCCCC. The highest BCUT2D eigenvalue weighted by Gasteiger charge is 2.19. The topological polar surface area (TPSA) is 78.9 Å². The molecule has 0 fully saturated rings. The van der Waals surface area contributed by atoms with E-state index in [1.54, 1.807) is 0 Å². The Morgan fingerprint density at radius 1 is 0.259 bits per heavy atom. The fourth-order valence-electron chi connectivity index (χ4n) is 8.92. The first-order valence-corrected chi connectivity index (χ1v) is 33.3. The third kappa shape index (κ3) is 66.0. The molecule has 0 spiro atoms. The zero-order chi connectivity index (χ0) is 58.5. The van der Waals surface area contributed by atoms with Crippen LogP contribution in [0, 0.1) is 0 Å². The van der Waals surface area contributed by atoms with Crippen LogP contribution < -0.4 is 0 Å². The van der Waals surface area contributed by atoms with Crippen LogP contribution in [0.3, 0.4) is 0 Å². The quantitative estimate of drug-likeness (QED) is 0.0261. The predicted molar refractivity (Wildman–Crippen MR) is 352 cm³/mol. The van der Waals surface area contributed by atoms with Crippen molar-refractivity contribution in [2.45, 2.75) is 297 Å². The van der Waals surface area contributed by atoms with E-state index >= 15 is 0 Å². The number of hydrogen-bond acceptors (Lipinski definition) is 6. The molecule has 0 aliphatic heterocycles. The van der Waals surface area contributed by atoms with Gasteiger partial charge in [-0.3, -0.25) is 14.4 Å². The maximum absolute atomic E-state index is 12.9. The largest absolute Gasteiger partial charge is 0.462 e. The van der Waals surface area contributed by atoms with Crippen molar-refractivity contribution in [2.75, 3.05) is 13.2 Å². The molecule has 0 radical (unpaired) electrons. The molecule has 0 aliphatic carbocycles. The lowest BCUT2D eigenvalue weighted by Gasteiger charge is -2.18. The van der Waals surface area contributed by atoms with E-state index in [1.807, 2.05) is 0 Å². The van der Waals surface area contributed by atoms with Gasteiger partial charge >= 0.3 is 17.9 Å². The molecule has 0 N–H and O–H groups in total. The number of allylic oxidation sites excluding steroid dienone is 24. The van der Waals surface area contributed by atoms with Gasteiger partial charge in [-0.15, -0.1) is 0 Å². The van der Waals surface area contributed by atoms with Crippen molar-refractivity contribution in [3.05, 3.63) is 146 Å². The predicted octanol–water partition coefficient (Wildman–Crippen LogP) is 23.1. The summed E-state index contributed by atoms with van der Waals surface area (Å²) >= 11 is 0. The first-order chi connectivity index (χ1) is 40.0. The van der Waals surface area contributed by atoms with Crippen LogP contribution in [0.2, 0.25) is 0 Å². The van der Waals surface area contributed by atoms with Gasteiger partial charge in [0.25, 0.3) is 0 Å². The lowest BCUT2D eigenvalue weighted by Crippen LogP contribution is -2.30. The van der Waals surface area contributed by atoms with Gasteiger partial charge in [-0.05, 0) is 122 Å². The van der Waals surface area contributed by atoms with Crippen LogP contribution in [-0.4, -0.2) is 37.2 Å². The van der Waals surface area contributed by atoms with Crippen LogP contribution in [-0.2, 0) is 28.6 Å². The molecule has 0 saturated carbocycles. The average molecular weight is 1120 g/mol. The van der Waals surface area contributed by atoms with Gasteiger partial charge in [0.2, 0.25) is 0 Å². The van der Waals surface area contributed by atoms with E-state index in [4.69, 9.17) is 14.2 Å². The summed E-state index contributed by atoms with van der Waals surface area (Å²) in [6.45, 7) is 6.39. The normalized spacial score (nSPS) is 13.1. The molecule has 0 heterocycles. The number of carbonyl (C=O) groups excluding carboxylic acids is 3. The van der Waals surface area contributed by atoms with E-state index in [9.17, 15) is 14.4 Å². The van der Waals surface area contributed by atoms with Crippen LogP contribution in [0.1, 0.15) is 290 Å². The van der Waals surface area contributed by atoms with Crippen LogP contribution in [0.25, 0.3) is 0 Å². The van der Waals surface area contributed by atoms with Crippen molar-refractivity contribution >= 4 is 17.9 Å². The minimum absolute atomic E-state index is 0.0952. The number of hydrogen-bond donors (Lipinski definition) is 0. The van der Waals surface area contributed by atoms with E-state index in [1.165, 1.54) is 103 Å². The number of ether oxygens (including phenoxy) is 3. The standard InChI is InChI=1S/C75H122O6/c1-4-7-10-13-16-19-22-25-27-28-29-30-31-32-33-34-35-36-37-38-39-40-41-42-43-44-45-46-48-50-53-56-59-62-65-68-74(77)80-71-72(70-79-73(76)67-64-61-58-55-52-49-24-21-18-15-12-9-6-3)81-75(78)69-66-63-60-57-54-51-47-26-23-20-17-14-11-8-5-2/h7,9-10,12,16,18-19,21,25,27,29-30,32-33,35-36,38-39,41-42,44-45,49,52,72H,4-6,8,11,13-15,17,20,22-24,26,28,31,34,37,40,43,46-48,50-51,53-71H2,1-3H3/b10-7-,12-9-,19-16-,21-18-,27-25-,30-29-,33-32-,36-35-,39-38-,42-41-,45-44-,52-49-. The number of unbranched alkanes of at least 4 members (excludes halogenated alkanes) is 24. The van der Waals surface area contributed by atoms with E-state index in [0.29, 0.717) is 19.3 Å². The highest BCUT2D eigenvalue weighted by molar-refractivity contribution is 5.71. The number of carbonyl (C=O) groups is 3. The molecule has 6 nitrogen and oxygen atoms in total. The molecule has 0 bridgehead atoms. The molecule has 0 aromatic carbocycles. The Morgan fingerprint density at radius 3 is 0.765 bits per heavy atom. The summed E-state index contributed by atoms with van der Waals surface area (Å²) in [5.41, 5.74) is 0. The second-order valence-corrected chi connectivity index (χ2v) is 21.6. The fourth-order valence-corrected chi connectivity index (χ4v) is 8.92.